The molecule has 27 heavy (non-hydrogen) atoms. The number of phenolic OH excluding ortho intramolecular Hbond substituents is 1. The first-order valence-corrected chi connectivity index (χ1v) is 8.17. The van der Waals surface area contributed by atoms with E-state index in [9.17, 15) is 15.2 Å². The van der Waals surface area contributed by atoms with Crippen molar-refractivity contribution in [3.05, 3.63) is 82.4 Å². The molecule has 7 nitrogen and oxygen atoms in total. The molecule has 0 aliphatic rings. The molecule has 0 fully saturated rings. The van der Waals surface area contributed by atoms with E-state index in [1.807, 2.05) is 48.5 Å². The first kappa shape index (κ1) is 16.5. The number of non-ortho nitro benzene ring substituents is 1. The van der Waals surface area contributed by atoms with Crippen LogP contribution in [0.15, 0.2) is 71.7 Å². The van der Waals surface area contributed by atoms with E-state index in [0.717, 1.165) is 22.4 Å². The number of para-hydroxylation sites is 2. The van der Waals surface area contributed by atoms with Crippen molar-refractivity contribution in [1.82, 2.24) is 9.97 Å². The van der Waals surface area contributed by atoms with E-state index in [1.54, 1.807) is 0 Å². The number of aromatic hydroxyl groups is 1. The summed E-state index contributed by atoms with van der Waals surface area (Å²) in [6, 6.07) is 19.0. The van der Waals surface area contributed by atoms with Gasteiger partial charge in [0.2, 0.25) is 0 Å². The van der Waals surface area contributed by atoms with Gasteiger partial charge in [-0.2, -0.15) is 0 Å². The second kappa shape index (κ2) is 6.72. The molecule has 0 saturated heterocycles. The van der Waals surface area contributed by atoms with E-state index in [1.165, 1.54) is 24.4 Å². The van der Waals surface area contributed by atoms with Gasteiger partial charge in [-0.3, -0.25) is 15.1 Å². The lowest BCUT2D eigenvalue weighted by molar-refractivity contribution is -0.384. The first-order valence-electron chi connectivity index (χ1n) is 8.17. The second-order valence-electron chi connectivity index (χ2n) is 5.91. The minimum Gasteiger partial charge on any atom is -0.507 e. The lowest BCUT2D eigenvalue weighted by Crippen LogP contribution is -1.90. The van der Waals surface area contributed by atoms with Crippen LogP contribution < -0.4 is 0 Å². The van der Waals surface area contributed by atoms with Crippen LogP contribution in [0.5, 0.6) is 5.75 Å². The molecule has 7 heteroatoms. The SMILES string of the molecule is O=[N+]([O-])c1ccc(O)c(C=Nc2ccc(-c3nc4ccccc4[nH]3)cc2)c1. The van der Waals surface area contributed by atoms with Crippen molar-refractivity contribution in [3.8, 4) is 17.1 Å². The number of aromatic nitrogens is 2. The van der Waals surface area contributed by atoms with Crippen molar-refractivity contribution in [1.29, 1.82) is 0 Å². The maximum Gasteiger partial charge on any atom is 0.270 e. The highest BCUT2D eigenvalue weighted by Gasteiger charge is 2.09. The summed E-state index contributed by atoms with van der Waals surface area (Å²) < 4.78 is 0. The zero-order chi connectivity index (χ0) is 18.8. The molecule has 4 aromatic rings. The molecule has 132 valence electrons. The zero-order valence-corrected chi connectivity index (χ0v) is 14.0. The molecule has 0 unspecified atom stereocenters. The highest BCUT2D eigenvalue weighted by molar-refractivity contribution is 5.86. The monoisotopic (exact) mass is 358 g/mol. The number of hydrogen-bond acceptors (Lipinski definition) is 5. The van der Waals surface area contributed by atoms with E-state index < -0.39 is 4.92 Å². The summed E-state index contributed by atoms with van der Waals surface area (Å²) in [4.78, 5) is 22.4. The minimum absolute atomic E-state index is 0.0664. The molecule has 4 rings (SSSR count). The Morgan fingerprint density at radius 3 is 2.59 bits per heavy atom. The molecular formula is C20H14N4O3. The van der Waals surface area contributed by atoms with Gasteiger partial charge in [-0.1, -0.05) is 12.1 Å². The number of rotatable bonds is 4. The van der Waals surface area contributed by atoms with Crippen molar-refractivity contribution in [3.63, 3.8) is 0 Å². The van der Waals surface area contributed by atoms with Crippen molar-refractivity contribution < 1.29 is 10.0 Å². The van der Waals surface area contributed by atoms with Gasteiger partial charge >= 0.3 is 0 Å². The van der Waals surface area contributed by atoms with Crippen LogP contribution in [-0.2, 0) is 0 Å². The summed E-state index contributed by atoms with van der Waals surface area (Å²) >= 11 is 0. The Hall–Kier alpha value is -4.00. The van der Waals surface area contributed by atoms with Crippen molar-refractivity contribution >= 4 is 28.6 Å². The Morgan fingerprint density at radius 1 is 1.07 bits per heavy atom. The molecule has 0 aliphatic heterocycles. The summed E-state index contributed by atoms with van der Waals surface area (Å²) in [7, 11) is 0. The summed E-state index contributed by atoms with van der Waals surface area (Å²) in [5.41, 5.74) is 3.62. The number of nitrogens with zero attached hydrogens (tertiary/aromatic N) is 3. The molecule has 0 radical (unpaired) electrons. The van der Waals surface area contributed by atoms with Crippen molar-refractivity contribution in [2.75, 3.05) is 0 Å². The van der Waals surface area contributed by atoms with Crippen LogP contribution in [0.2, 0.25) is 0 Å². The number of fused-ring (bicyclic) bond motifs is 1. The molecule has 1 heterocycles. The zero-order valence-electron chi connectivity index (χ0n) is 14.0. The standard InChI is InChI=1S/C20H14N4O3/c25-19-10-9-16(24(26)27)11-14(19)12-21-15-7-5-13(6-8-15)20-22-17-3-1-2-4-18(17)23-20/h1-12,25H,(H,22,23). The highest BCUT2D eigenvalue weighted by atomic mass is 16.6. The van der Waals surface area contributed by atoms with E-state index >= 15 is 0 Å². The summed E-state index contributed by atoms with van der Waals surface area (Å²) in [5.74, 6) is 0.700. The molecule has 0 saturated carbocycles. The van der Waals surface area contributed by atoms with Crippen molar-refractivity contribution in [2.45, 2.75) is 0 Å². The van der Waals surface area contributed by atoms with E-state index in [0.29, 0.717) is 5.69 Å². The number of aliphatic imine (C=N–C) groups is 1. The average Bonchev–Trinajstić information content (AvgIpc) is 3.12. The van der Waals surface area contributed by atoms with Gasteiger partial charge in [0.05, 0.1) is 21.6 Å². The molecule has 0 spiro atoms. The van der Waals surface area contributed by atoms with Gasteiger partial charge in [-0.25, -0.2) is 4.98 Å². The number of phenols is 1. The Balaban J connectivity index is 1.58. The van der Waals surface area contributed by atoms with Crippen LogP contribution in [0.25, 0.3) is 22.4 Å². The van der Waals surface area contributed by atoms with E-state index in [2.05, 4.69) is 15.0 Å². The van der Waals surface area contributed by atoms with Crippen LogP contribution >= 0.6 is 0 Å². The summed E-state index contributed by atoms with van der Waals surface area (Å²) in [6.45, 7) is 0. The van der Waals surface area contributed by atoms with Crippen LogP contribution in [0.4, 0.5) is 11.4 Å². The fraction of sp³-hybridized carbons (Fsp3) is 0. The maximum absolute atomic E-state index is 10.8. The molecule has 3 aromatic carbocycles. The van der Waals surface area contributed by atoms with E-state index in [-0.39, 0.29) is 17.0 Å². The van der Waals surface area contributed by atoms with Gasteiger partial charge < -0.3 is 10.1 Å². The predicted octanol–water partition coefficient (Wildman–Crippen LogP) is 4.59. The van der Waals surface area contributed by atoms with Gasteiger partial charge in [-0.05, 0) is 42.5 Å². The van der Waals surface area contributed by atoms with E-state index in [4.69, 9.17) is 0 Å². The molecule has 0 amide bonds. The molecular weight excluding hydrogens is 344 g/mol. The number of hydrogen-bond donors (Lipinski definition) is 2. The van der Waals surface area contributed by atoms with Gasteiger partial charge in [0.1, 0.15) is 11.6 Å². The number of nitrogens with one attached hydrogen (secondary N) is 1. The number of nitro benzene ring substituents is 1. The Bertz CT molecular complexity index is 1130. The first-order chi connectivity index (χ1) is 13.1. The maximum atomic E-state index is 10.8. The number of imidazole rings is 1. The molecule has 2 N–H and O–H groups in total. The smallest absolute Gasteiger partial charge is 0.270 e. The summed E-state index contributed by atoms with van der Waals surface area (Å²) in [5, 5.41) is 20.7. The van der Waals surface area contributed by atoms with Crippen LogP contribution in [0.1, 0.15) is 5.56 Å². The summed E-state index contributed by atoms with van der Waals surface area (Å²) in [6.07, 6.45) is 1.40. The number of H-pyrrole nitrogens is 1. The highest BCUT2D eigenvalue weighted by Crippen LogP contribution is 2.25. The minimum atomic E-state index is -0.515. The van der Waals surface area contributed by atoms with Crippen LogP contribution in [-0.4, -0.2) is 26.2 Å². The Labute approximate surface area is 153 Å². The Kier molecular flexibility index (Phi) is 4.10. The predicted molar refractivity (Wildman–Crippen MR) is 104 cm³/mol. The fourth-order valence-corrected chi connectivity index (χ4v) is 2.70. The number of aromatic amines is 1. The van der Waals surface area contributed by atoms with Gasteiger partial charge in [0.25, 0.3) is 5.69 Å². The molecule has 0 bridgehead atoms. The largest absolute Gasteiger partial charge is 0.507 e. The van der Waals surface area contributed by atoms with Crippen LogP contribution in [0, 0.1) is 10.1 Å². The quantitative estimate of drug-likeness (QED) is 0.316. The fourth-order valence-electron chi connectivity index (χ4n) is 2.70. The molecule has 0 aliphatic carbocycles. The van der Waals surface area contributed by atoms with Crippen molar-refractivity contribution in [2.24, 2.45) is 4.99 Å². The molecule has 1 aromatic heterocycles. The van der Waals surface area contributed by atoms with Gasteiger partial charge in [-0.15, -0.1) is 0 Å². The van der Waals surface area contributed by atoms with Crippen LogP contribution in [0.3, 0.4) is 0 Å². The van der Waals surface area contributed by atoms with Gasteiger partial charge in [0, 0.05) is 29.5 Å². The average molecular weight is 358 g/mol. The normalized spacial score (nSPS) is 11.3. The molecule has 0 atom stereocenters. The second-order valence-corrected chi connectivity index (χ2v) is 5.91. The third-order valence-electron chi connectivity index (χ3n) is 4.10. The third kappa shape index (κ3) is 3.38. The number of benzene rings is 3. The lowest BCUT2D eigenvalue weighted by atomic mass is 10.2. The lowest BCUT2D eigenvalue weighted by Gasteiger charge is -2.00. The number of nitro groups is 1. The third-order valence-corrected chi connectivity index (χ3v) is 4.10. The van der Waals surface area contributed by atoms with Gasteiger partial charge in [0.15, 0.2) is 0 Å². The topological polar surface area (TPSA) is 104 Å². The Morgan fingerprint density at radius 2 is 1.85 bits per heavy atom.